The number of carbonyl (C=O) groups is 2. The third kappa shape index (κ3) is 3.99. The molecular formula is C30H27N11O2. The summed E-state index contributed by atoms with van der Waals surface area (Å²) >= 11 is 0. The number of ketones is 1. The highest BCUT2D eigenvalue weighted by atomic mass is 16.2. The van der Waals surface area contributed by atoms with Crippen LogP contribution in [0.1, 0.15) is 65.2 Å². The average Bonchev–Trinajstić information content (AvgIpc) is 3.83. The fourth-order valence-corrected chi connectivity index (χ4v) is 6.87. The van der Waals surface area contributed by atoms with E-state index in [1.165, 1.54) is 17.8 Å². The maximum atomic E-state index is 13.2. The molecule has 1 aromatic carbocycles. The first-order chi connectivity index (χ1) is 21.0. The minimum absolute atomic E-state index is 0.0162. The first-order valence-corrected chi connectivity index (χ1v) is 14.2. The van der Waals surface area contributed by atoms with Gasteiger partial charge in [-0.2, -0.15) is 14.7 Å². The molecule has 5 aromatic heterocycles. The van der Waals surface area contributed by atoms with E-state index in [0.717, 1.165) is 46.3 Å². The van der Waals surface area contributed by atoms with Crippen molar-refractivity contribution in [1.29, 1.82) is 0 Å². The Morgan fingerprint density at radius 3 is 2.53 bits per heavy atom. The molecule has 0 aliphatic carbocycles. The number of imidazole rings is 1. The number of aromatic nitrogens is 9. The smallest absolute Gasteiger partial charge is 0.291 e. The minimum atomic E-state index is -0.160. The number of nitrogens with zero attached hydrogens (tertiary/aromatic N) is 8. The summed E-state index contributed by atoms with van der Waals surface area (Å²) in [7, 11) is 0. The number of carbonyl (C=O) groups excluding carboxylic acids is 2. The lowest BCUT2D eigenvalue weighted by Gasteiger charge is -2.38. The first kappa shape index (κ1) is 25.3. The molecule has 2 fully saturated rings. The van der Waals surface area contributed by atoms with Crippen molar-refractivity contribution >= 4 is 34.2 Å². The van der Waals surface area contributed by atoms with Gasteiger partial charge in [-0.3, -0.25) is 19.7 Å². The number of piperidine rings is 1. The van der Waals surface area contributed by atoms with E-state index in [1.54, 1.807) is 18.7 Å². The summed E-state index contributed by atoms with van der Waals surface area (Å²) in [5.74, 6) is 0.171. The third-order valence-corrected chi connectivity index (χ3v) is 8.83. The van der Waals surface area contributed by atoms with Gasteiger partial charge in [0, 0.05) is 40.9 Å². The van der Waals surface area contributed by atoms with E-state index in [4.69, 9.17) is 15.7 Å². The molecule has 13 heteroatoms. The number of Topliss-reactive ketones (excluding diaryl/α,β-unsaturated/α-hetero) is 1. The molecule has 0 radical (unpaired) electrons. The predicted octanol–water partition coefficient (Wildman–Crippen LogP) is 3.79. The average molecular weight is 574 g/mol. The van der Waals surface area contributed by atoms with Crippen LogP contribution in [0.25, 0.3) is 39.1 Å². The van der Waals surface area contributed by atoms with Crippen molar-refractivity contribution in [3.8, 4) is 22.4 Å². The lowest BCUT2D eigenvalue weighted by molar-refractivity contribution is 0.0556. The Kier molecular flexibility index (Phi) is 5.61. The van der Waals surface area contributed by atoms with E-state index in [2.05, 4.69) is 30.2 Å². The van der Waals surface area contributed by atoms with Crippen molar-refractivity contribution in [3.63, 3.8) is 0 Å². The second-order valence-corrected chi connectivity index (χ2v) is 11.3. The molecule has 2 atom stereocenters. The van der Waals surface area contributed by atoms with Crippen molar-refractivity contribution in [1.82, 2.24) is 49.6 Å². The molecule has 2 aliphatic rings. The largest absolute Gasteiger partial charge is 0.383 e. The van der Waals surface area contributed by atoms with Gasteiger partial charge in [0.15, 0.2) is 11.4 Å². The van der Waals surface area contributed by atoms with Gasteiger partial charge in [-0.25, -0.2) is 15.0 Å². The third-order valence-electron chi connectivity index (χ3n) is 8.83. The number of anilines is 1. The number of hydrogen-bond acceptors (Lipinski definition) is 9. The van der Waals surface area contributed by atoms with Gasteiger partial charge in [0.2, 0.25) is 5.82 Å². The van der Waals surface area contributed by atoms with E-state index in [1.807, 2.05) is 35.2 Å². The molecule has 2 bridgehead atoms. The Morgan fingerprint density at radius 2 is 1.81 bits per heavy atom. The second kappa shape index (κ2) is 9.54. The van der Waals surface area contributed by atoms with Gasteiger partial charge in [-0.15, -0.1) is 0 Å². The van der Waals surface area contributed by atoms with Crippen molar-refractivity contribution < 1.29 is 9.59 Å². The zero-order chi connectivity index (χ0) is 29.2. The van der Waals surface area contributed by atoms with Gasteiger partial charge in [-0.05, 0) is 50.8 Å². The van der Waals surface area contributed by atoms with Crippen LogP contribution in [-0.2, 0) is 0 Å². The fraction of sp³-hybridized carbons (Fsp3) is 0.267. The SMILES string of the molecule is CC(=O)c1c(C2C[C@H]3CC[C@H](C2)N3C(=O)c2ncn[nH]2)nc2c(-c3ccc(-c4ccc5nc[nH]c5c4)nc3)cnn2c1N. The normalized spacial score (nSPS) is 19.8. The second-order valence-electron chi connectivity index (χ2n) is 11.3. The Balaban J connectivity index is 1.15. The number of amides is 1. The quantitative estimate of drug-likeness (QED) is 0.259. The van der Waals surface area contributed by atoms with Gasteiger partial charge in [0.05, 0.1) is 40.5 Å². The van der Waals surface area contributed by atoms with Crippen LogP contribution < -0.4 is 5.73 Å². The number of nitrogen functional groups attached to an aromatic ring is 1. The molecule has 0 spiro atoms. The number of nitrogens with two attached hydrogens (primary N) is 1. The number of aromatic amines is 2. The number of pyridine rings is 1. The summed E-state index contributed by atoms with van der Waals surface area (Å²) in [6, 6.07) is 9.96. The topological polar surface area (TPSA) is 177 Å². The molecule has 4 N–H and O–H groups in total. The molecule has 2 saturated heterocycles. The standard InChI is InChI=1S/C30H27N11O2/c1-15(42)25-26(18-8-19-4-5-20(9-18)40(19)30(43)28-35-14-36-39-28)38-29-21(12-37-41(29)27(25)31)17-3-6-22(32-11-17)16-2-7-23-24(10-16)34-13-33-23/h2-3,6-7,10-14,18-20H,4-5,8-9,31H2,1H3,(H,33,34)(H,35,36,39)/t19-,20-/m1/s1. The molecule has 13 nitrogen and oxygen atoms in total. The predicted molar refractivity (Wildman–Crippen MR) is 157 cm³/mol. The van der Waals surface area contributed by atoms with Gasteiger partial charge in [-0.1, -0.05) is 12.1 Å². The van der Waals surface area contributed by atoms with E-state index in [0.29, 0.717) is 29.7 Å². The van der Waals surface area contributed by atoms with Crippen molar-refractivity contribution in [2.75, 3.05) is 5.73 Å². The van der Waals surface area contributed by atoms with E-state index in [9.17, 15) is 9.59 Å². The summed E-state index contributed by atoms with van der Waals surface area (Å²) in [6.07, 6.45) is 9.66. The van der Waals surface area contributed by atoms with Crippen LogP contribution in [0, 0.1) is 0 Å². The van der Waals surface area contributed by atoms with Crippen LogP contribution in [0.2, 0.25) is 0 Å². The Morgan fingerprint density at radius 1 is 1.00 bits per heavy atom. The van der Waals surface area contributed by atoms with Gasteiger partial charge in [0.1, 0.15) is 12.1 Å². The highest BCUT2D eigenvalue weighted by molar-refractivity contribution is 6.00. The van der Waals surface area contributed by atoms with E-state index >= 15 is 0 Å². The summed E-state index contributed by atoms with van der Waals surface area (Å²) in [4.78, 5) is 49.3. The van der Waals surface area contributed by atoms with Crippen LogP contribution in [0.5, 0.6) is 0 Å². The number of benzene rings is 1. The molecule has 214 valence electrons. The summed E-state index contributed by atoms with van der Waals surface area (Å²) in [5, 5.41) is 11.0. The van der Waals surface area contributed by atoms with Crippen LogP contribution in [0.15, 0.2) is 55.4 Å². The zero-order valence-electron chi connectivity index (χ0n) is 23.2. The first-order valence-electron chi connectivity index (χ1n) is 14.2. The summed E-state index contributed by atoms with van der Waals surface area (Å²) < 4.78 is 1.53. The molecular weight excluding hydrogens is 546 g/mol. The number of hydrogen-bond donors (Lipinski definition) is 3. The molecule has 8 rings (SSSR count). The van der Waals surface area contributed by atoms with Crippen molar-refractivity contribution in [3.05, 3.63) is 72.5 Å². The lowest BCUT2D eigenvalue weighted by atomic mass is 9.85. The molecule has 2 aliphatic heterocycles. The maximum Gasteiger partial charge on any atom is 0.291 e. The summed E-state index contributed by atoms with van der Waals surface area (Å²) in [6.45, 7) is 1.51. The monoisotopic (exact) mass is 573 g/mol. The van der Waals surface area contributed by atoms with Gasteiger partial charge in [0.25, 0.3) is 5.91 Å². The summed E-state index contributed by atoms with van der Waals surface area (Å²) in [5.41, 5.74) is 13.5. The van der Waals surface area contributed by atoms with Crippen molar-refractivity contribution in [2.45, 2.75) is 50.6 Å². The van der Waals surface area contributed by atoms with Crippen LogP contribution in [-0.4, -0.2) is 73.4 Å². The van der Waals surface area contributed by atoms with E-state index in [-0.39, 0.29) is 41.3 Å². The lowest BCUT2D eigenvalue weighted by Crippen LogP contribution is -2.46. The molecule has 43 heavy (non-hydrogen) atoms. The Labute approximate surface area is 244 Å². The van der Waals surface area contributed by atoms with Crippen LogP contribution in [0.3, 0.4) is 0 Å². The molecule has 0 saturated carbocycles. The van der Waals surface area contributed by atoms with E-state index < -0.39 is 0 Å². The number of fused-ring (bicyclic) bond motifs is 4. The molecule has 6 aromatic rings. The molecule has 0 unspecified atom stereocenters. The number of nitrogens with one attached hydrogen (secondary N) is 2. The van der Waals surface area contributed by atoms with Gasteiger partial charge < -0.3 is 15.6 Å². The Bertz CT molecular complexity index is 2010. The molecule has 1 amide bonds. The zero-order valence-corrected chi connectivity index (χ0v) is 23.2. The fourth-order valence-electron chi connectivity index (χ4n) is 6.87. The highest BCUT2D eigenvalue weighted by Crippen LogP contribution is 2.45. The van der Waals surface area contributed by atoms with Crippen molar-refractivity contribution in [2.24, 2.45) is 0 Å². The minimum Gasteiger partial charge on any atom is -0.383 e. The highest BCUT2D eigenvalue weighted by Gasteiger charge is 2.45. The maximum absolute atomic E-state index is 13.2. The van der Waals surface area contributed by atoms with Gasteiger partial charge >= 0.3 is 0 Å². The number of H-pyrrole nitrogens is 2. The van der Waals surface area contributed by atoms with Crippen LogP contribution in [0.4, 0.5) is 5.82 Å². The number of rotatable bonds is 5. The van der Waals surface area contributed by atoms with Crippen LogP contribution >= 0.6 is 0 Å². The Hall–Kier alpha value is -5.46. The molecule has 7 heterocycles.